The van der Waals surface area contributed by atoms with Gasteiger partial charge in [-0.05, 0) is 56.0 Å². The smallest absolute Gasteiger partial charge is 0.243 e. The Morgan fingerprint density at radius 3 is 1.83 bits per heavy atom. The third-order valence-corrected chi connectivity index (χ3v) is 6.18. The number of nitrogens with one attached hydrogen (secondary N) is 1. The highest BCUT2D eigenvalue weighted by atomic mass is 35.5. The number of benzene rings is 3. The SMILES string of the molecule is CCC(C(=O)NC(C)(C)C)N(Cc1ccc(Cl)cc1)C(=O)CC(c1ccccc1)c1ccccc1. The maximum absolute atomic E-state index is 14.0. The molecule has 1 N–H and O–H groups in total. The van der Waals surface area contributed by atoms with Crippen LogP contribution in [-0.2, 0) is 16.1 Å². The largest absolute Gasteiger partial charge is 0.350 e. The summed E-state index contributed by atoms with van der Waals surface area (Å²) >= 11 is 6.08. The van der Waals surface area contributed by atoms with Crippen LogP contribution in [0.1, 0.15) is 63.1 Å². The summed E-state index contributed by atoms with van der Waals surface area (Å²) in [6.45, 7) is 8.13. The third kappa shape index (κ3) is 7.69. The Morgan fingerprint density at radius 2 is 1.37 bits per heavy atom. The number of hydrogen-bond donors (Lipinski definition) is 1. The van der Waals surface area contributed by atoms with Crippen molar-refractivity contribution in [3.05, 3.63) is 107 Å². The highest BCUT2D eigenvalue weighted by Gasteiger charge is 2.32. The molecule has 0 aromatic heterocycles. The second kappa shape index (κ2) is 12.0. The Morgan fingerprint density at radius 1 is 0.857 bits per heavy atom. The standard InChI is InChI=1S/C30H35ClN2O2/c1-5-27(29(35)32-30(2,3)4)33(21-22-16-18-25(31)19-17-22)28(34)20-26(23-12-8-6-9-13-23)24-14-10-7-11-15-24/h6-19,26-27H,5,20-21H2,1-4H3,(H,32,35). The van der Waals surface area contributed by atoms with E-state index >= 15 is 0 Å². The van der Waals surface area contributed by atoms with Gasteiger partial charge in [0.15, 0.2) is 0 Å². The predicted molar refractivity (Wildman–Crippen MR) is 143 cm³/mol. The van der Waals surface area contributed by atoms with Gasteiger partial charge in [0.1, 0.15) is 6.04 Å². The number of nitrogens with zero attached hydrogens (tertiary/aromatic N) is 1. The van der Waals surface area contributed by atoms with Crippen LogP contribution < -0.4 is 5.32 Å². The lowest BCUT2D eigenvalue weighted by Crippen LogP contribution is -2.53. The lowest BCUT2D eigenvalue weighted by atomic mass is 9.88. The van der Waals surface area contributed by atoms with E-state index < -0.39 is 11.6 Å². The molecule has 5 heteroatoms. The number of halogens is 1. The molecule has 0 radical (unpaired) electrons. The van der Waals surface area contributed by atoms with Crippen molar-refractivity contribution < 1.29 is 9.59 Å². The van der Waals surface area contributed by atoms with E-state index in [-0.39, 0.29) is 24.2 Å². The van der Waals surface area contributed by atoms with Crippen LogP contribution in [0, 0.1) is 0 Å². The first kappa shape index (κ1) is 26.5. The number of rotatable bonds is 9. The number of hydrogen-bond acceptors (Lipinski definition) is 2. The van der Waals surface area contributed by atoms with Gasteiger partial charge in [-0.1, -0.05) is 91.3 Å². The van der Waals surface area contributed by atoms with E-state index in [1.165, 1.54) is 0 Å². The first-order chi connectivity index (χ1) is 16.7. The van der Waals surface area contributed by atoms with E-state index in [9.17, 15) is 9.59 Å². The molecule has 0 fully saturated rings. The number of amides is 2. The van der Waals surface area contributed by atoms with Gasteiger partial charge in [-0.15, -0.1) is 0 Å². The zero-order chi connectivity index (χ0) is 25.4. The fourth-order valence-corrected chi connectivity index (χ4v) is 4.38. The highest BCUT2D eigenvalue weighted by molar-refractivity contribution is 6.30. The normalized spacial score (nSPS) is 12.3. The highest BCUT2D eigenvalue weighted by Crippen LogP contribution is 2.30. The van der Waals surface area contributed by atoms with Crippen molar-refractivity contribution in [2.75, 3.05) is 0 Å². The molecular formula is C30H35ClN2O2. The molecule has 184 valence electrons. The molecule has 0 saturated heterocycles. The Balaban J connectivity index is 1.96. The number of carbonyl (C=O) groups is 2. The topological polar surface area (TPSA) is 49.4 Å². The zero-order valence-corrected chi connectivity index (χ0v) is 21.8. The van der Waals surface area contributed by atoms with E-state index in [0.717, 1.165) is 16.7 Å². The molecule has 3 rings (SSSR count). The Hall–Kier alpha value is -3.11. The van der Waals surface area contributed by atoms with Gasteiger partial charge in [0.2, 0.25) is 11.8 Å². The summed E-state index contributed by atoms with van der Waals surface area (Å²) in [5.41, 5.74) is 2.69. The minimum Gasteiger partial charge on any atom is -0.350 e. The minimum absolute atomic E-state index is 0.0615. The van der Waals surface area contributed by atoms with Crippen LogP contribution in [0.15, 0.2) is 84.9 Å². The van der Waals surface area contributed by atoms with Crippen LogP contribution in [0.3, 0.4) is 0 Å². The molecule has 0 heterocycles. The van der Waals surface area contributed by atoms with Gasteiger partial charge in [0.05, 0.1) is 0 Å². The third-order valence-electron chi connectivity index (χ3n) is 5.93. The van der Waals surface area contributed by atoms with Crippen LogP contribution in [0.2, 0.25) is 5.02 Å². The van der Waals surface area contributed by atoms with Gasteiger partial charge in [0.25, 0.3) is 0 Å². The van der Waals surface area contributed by atoms with Gasteiger partial charge < -0.3 is 10.2 Å². The summed E-state index contributed by atoms with van der Waals surface area (Å²) in [7, 11) is 0. The van der Waals surface area contributed by atoms with E-state index in [1.807, 2.05) is 88.4 Å². The van der Waals surface area contributed by atoms with E-state index in [1.54, 1.807) is 4.90 Å². The average molecular weight is 491 g/mol. The van der Waals surface area contributed by atoms with Gasteiger partial charge in [-0.25, -0.2) is 0 Å². The van der Waals surface area contributed by atoms with Crippen LogP contribution in [-0.4, -0.2) is 28.3 Å². The molecule has 3 aromatic rings. The summed E-state index contributed by atoms with van der Waals surface area (Å²) in [4.78, 5) is 29.0. The second-order valence-corrected chi connectivity index (χ2v) is 10.3. The van der Waals surface area contributed by atoms with E-state index in [4.69, 9.17) is 11.6 Å². The first-order valence-corrected chi connectivity index (χ1v) is 12.5. The molecule has 0 spiro atoms. The molecule has 4 nitrogen and oxygen atoms in total. The van der Waals surface area contributed by atoms with Crippen LogP contribution in [0.4, 0.5) is 0 Å². The van der Waals surface area contributed by atoms with Crippen LogP contribution in [0.25, 0.3) is 0 Å². The molecule has 0 aliphatic heterocycles. The molecule has 1 atom stereocenters. The van der Waals surface area contributed by atoms with Crippen molar-refractivity contribution in [1.29, 1.82) is 0 Å². The quantitative estimate of drug-likeness (QED) is 0.368. The van der Waals surface area contributed by atoms with Crippen molar-refractivity contribution in [2.45, 2.75) is 64.6 Å². The van der Waals surface area contributed by atoms with Crippen molar-refractivity contribution in [2.24, 2.45) is 0 Å². The predicted octanol–water partition coefficient (Wildman–Crippen LogP) is 6.58. The number of carbonyl (C=O) groups excluding carboxylic acids is 2. The second-order valence-electron chi connectivity index (χ2n) is 9.89. The molecule has 0 aliphatic carbocycles. The lowest BCUT2D eigenvalue weighted by Gasteiger charge is -2.34. The Labute approximate surface area is 214 Å². The van der Waals surface area contributed by atoms with E-state index in [2.05, 4.69) is 29.6 Å². The molecule has 1 unspecified atom stereocenters. The Kier molecular flexibility index (Phi) is 9.11. The summed E-state index contributed by atoms with van der Waals surface area (Å²) in [6, 6.07) is 27.0. The van der Waals surface area contributed by atoms with Crippen molar-refractivity contribution in [1.82, 2.24) is 10.2 Å². The maximum atomic E-state index is 14.0. The summed E-state index contributed by atoms with van der Waals surface area (Å²) in [5.74, 6) is -0.312. The Bertz CT molecular complexity index is 1050. The van der Waals surface area contributed by atoms with Crippen molar-refractivity contribution in [3.63, 3.8) is 0 Å². The minimum atomic E-state index is -0.579. The molecule has 0 saturated carbocycles. The molecule has 0 aliphatic rings. The fourth-order valence-electron chi connectivity index (χ4n) is 4.25. The zero-order valence-electron chi connectivity index (χ0n) is 21.0. The molecule has 2 amide bonds. The molecule has 35 heavy (non-hydrogen) atoms. The van der Waals surface area contributed by atoms with Gasteiger partial charge in [-0.3, -0.25) is 9.59 Å². The molecule has 0 bridgehead atoms. The fraction of sp³-hybridized carbons (Fsp3) is 0.333. The summed E-state index contributed by atoms with van der Waals surface area (Å²) in [5, 5.41) is 3.70. The molecule has 3 aromatic carbocycles. The van der Waals surface area contributed by atoms with Crippen molar-refractivity contribution >= 4 is 23.4 Å². The van der Waals surface area contributed by atoms with E-state index in [0.29, 0.717) is 18.0 Å². The van der Waals surface area contributed by atoms with Crippen LogP contribution >= 0.6 is 11.6 Å². The van der Waals surface area contributed by atoms with Gasteiger partial charge >= 0.3 is 0 Å². The van der Waals surface area contributed by atoms with Crippen LogP contribution in [0.5, 0.6) is 0 Å². The average Bonchev–Trinajstić information content (AvgIpc) is 2.83. The lowest BCUT2D eigenvalue weighted by molar-refractivity contribution is -0.142. The monoisotopic (exact) mass is 490 g/mol. The molecular weight excluding hydrogens is 456 g/mol. The first-order valence-electron chi connectivity index (χ1n) is 12.1. The van der Waals surface area contributed by atoms with Crippen molar-refractivity contribution in [3.8, 4) is 0 Å². The summed E-state index contributed by atoms with van der Waals surface area (Å²) < 4.78 is 0. The maximum Gasteiger partial charge on any atom is 0.243 e. The summed E-state index contributed by atoms with van der Waals surface area (Å²) in [6.07, 6.45) is 0.781. The van der Waals surface area contributed by atoms with Gasteiger partial charge in [0, 0.05) is 29.4 Å². The van der Waals surface area contributed by atoms with Gasteiger partial charge in [-0.2, -0.15) is 0 Å².